The third-order valence-corrected chi connectivity index (χ3v) is 4.74. The van der Waals surface area contributed by atoms with Crippen LogP contribution < -0.4 is 0 Å². The van der Waals surface area contributed by atoms with E-state index in [-0.39, 0.29) is 9.45 Å². The van der Waals surface area contributed by atoms with E-state index in [2.05, 4.69) is 27.0 Å². The van der Waals surface area contributed by atoms with Crippen LogP contribution in [0.4, 0.5) is 0 Å². The molecule has 56 valence electrons. The number of hydrogen-bond acceptors (Lipinski definition) is 1. The molecule has 0 spiro atoms. The molecule has 0 bridgehead atoms. The Morgan fingerprint density at radius 1 is 1.44 bits per heavy atom. The summed E-state index contributed by atoms with van der Waals surface area (Å²) in [6.07, 6.45) is 4.65. The van der Waals surface area contributed by atoms with E-state index < -0.39 is 0 Å². The predicted octanol–water partition coefficient (Wildman–Crippen LogP) is 2.28. The highest BCUT2D eigenvalue weighted by molar-refractivity contribution is 8.29. The Morgan fingerprint density at radius 2 is 1.89 bits per heavy atom. The summed E-state index contributed by atoms with van der Waals surface area (Å²) in [5.41, 5.74) is 0. The van der Waals surface area contributed by atoms with Crippen molar-refractivity contribution in [1.29, 1.82) is 0 Å². The average molecular weight is 164 g/mol. The standard InChI is InChI=1S/C7H16S2/c1-5-6-7(2,3)9(4)8/h5-6H2,1-4H3. The zero-order valence-corrected chi connectivity index (χ0v) is 8.36. The Kier molecular flexibility index (Phi) is 3.90. The van der Waals surface area contributed by atoms with E-state index in [0.717, 1.165) is 0 Å². The maximum absolute atomic E-state index is 5.21. The minimum Gasteiger partial charge on any atom is -0.119 e. The Bertz CT molecular complexity index is 105. The van der Waals surface area contributed by atoms with Crippen molar-refractivity contribution in [1.82, 2.24) is 0 Å². The van der Waals surface area contributed by atoms with Crippen molar-refractivity contribution in [2.45, 2.75) is 38.4 Å². The van der Waals surface area contributed by atoms with E-state index in [1.807, 2.05) is 0 Å². The van der Waals surface area contributed by atoms with Crippen molar-refractivity contribution >= 4 is 20.6 Å². The predicted molar refractivity (Wildman–Crippen MR) is 49.6 cm³/mol. The lowest BCUT2D eigenvalue weighted by Crippen LogP contribution is -2.24. The van der Waals surface area contributed by atoms with Gasteiger partial charge in [-0.3, -0.25) is 0 Å². The van der Waals surface area contributed by atoms with E-state index >= 15 is 0 Å². The monoisotopic (exact) mass is 164 g/mol. The van der Waals surface area contributed by atoms with Gasteiger partial charge in [0, 0.05) is 4.75 Å². The van der Waals surface area contributed by atoms with Gasteiger partial charge in [-0.15, -0.1) is 9.45 Å². The average Bonchev–Trinajstić information content (AvgIpc) is 1.65. The Labute approximate surface area is 65.6 Å². The van der Waals surface area contributed by atoms with Crippen molar-refractivity contribution in [3.8, 4) is 0 Å². The second-order valence-electron chi connectivity index (χ2n) is 2.96. The fraction of sp³-hybridized carbons (Fsp3) is 1.00. The summed E-state index contributed by atoms with van der Waals surface area (Å²) in [7, 11) is 0.158. The minimum atomic E-state index is 0.158. The van der Waals surface area contributed by atoms with Crippen molar-refractivity contribution < 1.29 is 0 Å². The second kappa shape index (κ2) is 3.67. The zero-order valence-electron chi connectivity index (χ0n) is 6.73. The first-order chi connectivity index (χ1) is 4.00. The van der Waals surface area contributed by atoms with Gasteiger partial charge in [0.05, 0.1) is 0 Å². The second-order valence-corrected chi connectivity index (χ2v) is 6.48. The van der Waals surface area contributed by atoms with Crippen LogP contribution in [0.15, 0.2) is 0 Å². The first-order valence-corrected chi connectivity index (χ1v) is 5.90. The SMILES string of the molecule is CCCC(C)(C)S(C)=S. The van der Waals surface area contributed by atoms with Crippen LogP contribution in [0.1, 0.15) is 33.6 Å². The van der Waals surface area contributed by atoms with Crippen LogP contribution in [0.5, 0.6) is 0 Å². The molecule has 2 heteroatoms. The van der Waals surface area contributed by atoms with Gasteiger partial charge in [0.15, 0.2) is 0 Å². The van der Waals surface area contributed by atoms with Gasteiger partial charge in [-0.2, -0.15) is 0 Å². The molecule has 0 aliphatic carbocycles. The van der Waals surface area contributed by atoms with Crippen LogP contribution in [0, 0.1) is 0 Å². The first kappa shape index (κ1) is 9.57. The van der Waals surface area contributed by atoms with E-state index in [9.17, 15) is 0 Å². The van der Waals surface area contributed by atoms with Gasteiger partial charge < -0.3 is 0 Å². The van der Waals surface area contributed by atoms with Crippen LogP contribution in [0.2, 0.25) is 0 Å². The number of hydrogen-bond donors (Lipinski definition) is 0. The smallest absolute Gasteiger partial charge is 0.0147 e. The maximum atomic E-state index is 5.21. The molecule has 0 aromatic rings. The van der Waals surface area contributed by atoms with Crippen molar-refractivity contribution in [2.24, 2.45) is 0 Å². The summed E-state index contributed by atoms with van der Waals surface area (Å²) in [4.78, 5) is 0. The highest BCUT2D eigenvalue weighted by Crippen LogP contribution is 2.17. The molecule has 0 fully saturated rings. The fourth-order valence-electron chi connectivity index (χ4n) is 0.746. The Balaban J connectivity index is 3.85. The topological polar surface area (TPSA) is 0 Å². The highest BCUT2D eigenvalue weighted by atomic mass is 32.8. The molecule has 0 aromatic carbocycles. The van der Waals surface area contributed by atoms with Gasteiger partial charge in [-0.05, 0) is 12.7 Å². The summed E-state index contributed by atoms with van der Waals surface area (Å²) in [5, 5.41) is 0. The molecule has 0 aliphatic rings. The third kappa shape index (κ3) is 3.31. The van der Waals surface area contributed by atoms with Gasteiger partial charge in [-0.25, -0.2) is 0 Å². The molecule has 0 heterocycles. The molecule has 0 N–H and O–H groups in total. The molecule has 0 radical (unpaired) electrons. The molecule has 1 unspecified atom stereocenters. The van der Waals surface area contributed by atoms with Gasteiger partial charge in [0.1, 0.15) is 0 Å². The molecule has 0 aliphatic heterocycles. The van der Waals surface area contributed by atoms with Gasteiger partial charge >= 0.3 is 0 Å². The first-order valence-electron chi connectivity index (χ1n) is 3.34. The summed E-state index contributed by atoms with van der Waals surface area (Å²) < 4.78 is 0.393. The number of rotatable bonds is 3. The van der Waals surface area contributed by atoms with E-state index in [1.165, 1.54) is 12.8 Å². The van der Waals surface area contributed by atoms with Crippen LogP contribution in [0.25, 0.3) is 0 Å². The summed E-state index contributed by atoms with van der Waals surface area (Å²) >= 11 is 5.21. The van der Waals surface area contributed by atoms with Crippen LogP contribution in [-0.4, -0.2) is 11.0 Å². The van der Waals surface area contributed by atoms with Crippen molar-refractivity contribution in [2.75, 3.05) is 6.26 Å². The molecule has 0 aromatic heterocycles. The quantitative estimate of drug-likeness (QED) is 0.616. The van der Waals surface area contributed by atoms with Crippen LogP contribution in [0.3, 0.4) is 0 Å². The highest BCUT2D eigenvalue weighted by Gasteiger charge is 2.16. The molecule has 9 heavy (non-hydrogen) atoms. The molecule has 0 saturated carbocycles. The van der Waals surface area contributed by atoms with Gasteiger partial charge in [0.25, 0.3) is 0 Å². The third-order valence-electron chi connectivity index (χ3n) is 1.63. The summed E-state index contributed by atoms with van der Waals surface area (Å²) in [6, 6.07) is 0. The minimum absolute atomic E-state index is 0.158. The Hall–Kier alpha value is 0.570. The molecule has 0 amide bonds. The van der Waals surface area contributed by atoms with Crippen LogP contribution >= 0.6 is 0 Å². The lowest BCUT2D eigenvalue weighted by atomic mass is 10.1. The largest absolute Gasteiger partial charge is 0.119 e. The molecule has 0 nitrogen and oxygen atoms in total. The van der Waals surface area contributed by atoms with E-state index in [4.69, 9.17) is 11.2 Å². The van der Waals surface area contributed by atoms with E-state index in [0.29, 0.717) is 4.75 Å². The molecule has 1 atom stereocenters. The molecule has 0 rings (SSSR count). The normalized spacial score (nSPS) is 15.6. The maximum Gasteiger partial charge on any atom is 0.0147 e. The Morgan fingerprint density at radius 3 is 2.00 bits per heavy atom. The summed E-state index contributed by atoms with van der Waals surface area (Å²) in [6.45, 7) is 6.73. The summed E-state index contributed by atoms with van der Waals surface area (Å²) in [5.74, 6) is 0. The van der Waals surface area contributed by atoms with Gasteiger partial charge in [-0.1, -0.05) is 38.4 Å². The fourth-order valence-corrected chi connectivity index (χ4v) is 1.49. The van der Waals surface area contributed by atoms with Crippen LogP contribution in [-0.2, 0) is 20.6 Å². The molecular weight excluding hydrogens is 148 g/mol. The van der Waals surface area contributed by atoms with Crippen molar-refractivity contribution in [3.05, 3.63) is 0 Å². The lowest BCUT2D eigenvalue weighted by molar-refractivity contribution is 0.626. The molecule has 0 saturated heterocycles. The van der Waals surface area contributed by atoms with Crippen molar-refractivity contribution in [3.63, 3.8) is 0 Å². The lowest BCUT2D eigenvalue weighted by Gasteiger charge is -2.23. The van der Waals surface area contributed by atoms with Gasteiger partial charge in [0.2, 0.25) is 0 Å². The molecular formula is C7H16S2. The zero-order chi connectivity index (χ0) is 7.49. The van der Waals surface area contributed by atoms with E-state index in [1.54, 1.807) is 0 Å².